The summed E-state index contributed by atoms with van der Waals surface area (Å²) in [7, 11) is 3.20. The Hall–Kier alpha value is -0.650. The maximum atomic E-state index is 5.03. The van der Waals surface area contributed by atoms with E-state index >= 15 is 0 Å². The molecule has 0 bridgehead atoms. The van der Waals surface area contributed by atoms with Gasteiger partial charge in [0.25, 0.3) is 0 Å². The highest BCUT2D eigenvalue weighted by molar-refractivity contribution is 9.10. The number of pyridine rings is 1. The van der Waals surface area contributed by atoms with Crippen LogP contribution in [0.3, 0.4) is 0 Å². The van der Waals surface area contributed by atoms with E-state index in [9.17, 15) is 0 Å². The first-order valence-corrected chi connectivity index (χ1v) is 4.97. The molecule has 1 rings (SSSR count). The van der Waals surface area contributed by atoms with Gasteiger partial charge in [0.1, 0.15) is 10.4 Å². The van der Waals surface area contributed by atoms with Crippen molar-refractivity contribution < 1.29 is 9.47 Å². The second kappa shape index (κ2) is 5.95. The summed E-state index contributed by atoms with van der Waals surface area (Å²) in [5.74, 6) is 0.790. The molecule has 0 saturated heterocycles. The second-order valence-corrected chi connectivity index (χ2v) is 3.44. The van der Waals surface area contributed by atoms with Gasteiger partial charge in [-0.2, -0.15) is 0 Å². The van der Waals surface area contributed by atoms with Gasteiger partial charge in [0.15, 0.2) is 6.29 Å². The van der Waals surface area contributed by atoms with Crippen molar-refractivity contribution in [1.29, 1.82) is 0 Å². The van der Waals surface area contributed by atoms with Gasteiger partial charge in [-0.25, -0.2) is 4.98 Å². The Morgan fingerprint density at radius 1 is 1.43 bits per heavy atom. The van der Waals surface area contributed by atoms with Gasteiger partial charge in [-0.05, 0) is 28.1 Å². The minimum Gasteiger partial charge on any atom is -0.365 e. The normalized spacial score (nSPS) is 10.6. The smallest absolute Gasteiger partial charge is 0.173 e. The lowest BCUT2D eigenvalue weighted by Crippen LogP contribution is -2.23. The van der Waals surface area contributed by atoms with Crippen LogP contribution in [0.15, 0.2) is 22.8 Å². The Bertz CT molecular complexity index is 279. The molecule has 0 fully saturated rings. The number of rotatable bonds is 5. The lowest BCUT2D eigenvalue weighted by atomic mass is 10.4. The highest BCUT2D eigenvalue weighted by Gasteiger charge is 2.04. The summed E-state index contributed by atoms with van der Waals surface area (Å²) in [6, 6.07) is 5.66. The molecule has 0 radical (unpaired) electrons. The van der Waals surface area contributed by atoms with Crippen molar-refractivity contribution in [3.05, 3.63) is 22.8 Å². The first kappa shape index (κ1) is 11.4. The molecule has 0 unspecified atom stereocenters. The van der Waals surface area contributed by atoms with E-state index in [1.807, 2.05) is 18.2 Å². The van der Waals surface area contributed by atoms with Crippen molar-refractivity contribution in [1.82, 2.24) is 4.98 Å². The fraction of sp³-hybridized carbons (Fsp3) is 0.444. The van der Waals surface area contributed by atoms with E-state index in [4.69, 9.17) is 9.47 Å². The number of ether oxygens (including phenoxy) is 2. The number of nitrogens with zero attached hydrogens (tertiary/aromatic N) is 1. The predicted molar refractivity (Wildman–Crippen MR) is 58.2 cm³/mol. The molecule has 14 heavy (non-hydrogen) atoms. The molecule has 1 aromatic heterocycles. The third-order valence-electron chi connectivity index (χ3n) is 1.69. The largest absolute Gasteiger partial charge is 0.365 e. The summed E-state index contributed by atoms with van der Waals surface area (Å²) in [5.41, 5.74) is 0. The summed E-state index contributed by atoms with van der Waals surface area (Å²) < 4.78 is 10.9. The number of nitrogens with one attached hydrogen (secondary N) is 1. The van der Waals surface area contributed by atoms with Crippen molar-refractivity contribution in [2.24, 2.45) is 0 Å². The fourth-order valence-corrected chi connectivity index (χ4v) is 1.30. The van der Waals surface area contributed by atoms with E-state index in [-0.39, 0.29) is 6.29 Å². The molecular formula is C9H13BrN2O2. The standard InChI is InChI=1S/C9H13BrN2O2/c1-13-9(14-2)6-11-8-5-3-4-7(10)12-8/h3-5,9H,6H2,1-2H3,(H,11,12). The molecule has 0 atom stereocenters. The SMILES string of the molecule is COC(CNc1cccc(Br)n1)OC. The monoisotopic (exact) mass is 260 g/mol. The number of methoxy groups -OCH3 is 2. The van der Waals surface area contributed by atoms with Crippen LogP contribution in [0, 0.1) is 0 Å². The maximum absolute atomic E-state index is 5.03. The predicted octanol–water partition coefficient (Wildman–Crippen LogP) is 1.87. The van der Waals surface area contributed by atoms with Crippen LogP contribution in [0.1, 0.15) is 0 Å². The zero-order valence-corrected chi connectivity index (χ0v) is 9.74. The van der Waals surface area contributed by atoms with Gasteiger partial charge in [-0.15, -0.1) is 0 Å². The van der Waals surface area contributed by atoms with E-state index in [0.29, 0.717) is 6.54 Å². The summed E-state index contributed by atoms with van der Waals surface area (Å²) in [5, 5.41) is 3.10. The van der Waals surface area contributed by atoms with Crippen LogP contribution < -0.4 is 5.32 Å². The summed E-state index contributed by atoms with van der Waals surface area (Å²) in [4.78, 5) is 4.21. The minimum atomic E-state index is -0.254. The molecule has 0 aliphatic carbocycles. The van der Waals surface area contributed by atoms with E-state index in [1.165, 1.54) is 0 Å². The molecule has 1 aromatic rings. The van der Waals surface area contributed by atoms with E-state index < -0.39 is 0 Å². The average molecular weight is 261 g/mol. The second-order valence-electron chi connectivity index (χ2n) is 2.63. The molecule has 0 saturated carbocycles. The summed E-state index contributed by atoms with van der Waals surface area (Å²) in [6.07, 6.45) is -0.254. The molecule has 0 aliphatic rings. The van der Waals surface area contributed by atoms with Crippen molar-refractivity contribution in [2.45, 2.75) is 6.29 Å². The summed E-state index contributed by atoms with van der Waals surface area (Å²) >= 11 is 3.29. The molecular weight excluding hydrogens is 248 g/mol. The van der Waals surface area contributed by atoms with Crippen molar-refractivity contribution in [2.75, 3.05) is 26.1 Å². The average Bonchev–Trinajstić information content (AvgIpc) is 2.19. The first-order chi connectivity index (χ1) is 6.76. The van der Waals surface area contributed by atoms with E-state index in [1.54, 1.807) is 14.2 Å². The molecule has 78 valence electrons. The topological polar surface area (TPSA) is 43.4 Å². The highest BCUT2D eigenvalue weighted by atomic mass is 79.9. The van der Waals surface area contributed by atoms with Crippen LogP contribution in [0.25, 0.3) is 0 Å². The Balaban J connectivity index is 2.44. The van der Waals surface area contributed by atoms with Crippen LogP contribution in [0.2, 0.25) is 0 Å². The lowest BCUT2D eigenvalue weighted by molar-refractivity contribution is -0.0914. The van der Waals surface area contributed by atoms with Gasteiger partial charge in [0.2, 0.25) is 0 Å². The van der Waals surface area contributed by atoms with Gasteiger partial charge < -0.3 is 14.8 Å². The summed E-state index contributed by atoms with van der Waals surface area (Å²) in [6.45, 7) is 0.566. The van der Waals surface area contributed by atoms with E-state index in [2.05, 4.69) is 26.2 Å². The molecule has 1 heterocycles. The number of anilines is 1. The number of halogens is 1. The molecule has 5 heteroatoms. The Labute approximate surface area is 91.8 Å². The van der Waals surface area contributed by atoms with Crippen LogP contribution in [-0.4, -0.2) is 32.0 Å². The maximum Gasteiger partial charge on any atom is 0.173 e. The molecule has 0 spiro atoms. The lowest BCUT2D eigenvalue weighted by Gasteiger charge is -2.14. The third kappa shape index (κ3) is 3.61. The number of hydrogen-bond acceptors (Lipinski definition) is 4. The number of hydrogen-bond donors (Lipinski definition) is 1. The van der Waals surface area contributed by atoms with Crippen LogP contribution in [-0.2, 0) is 9.47 Å². The van der Waals surface area contributed by atoms with Crippen LogP contribution in [0.4, 0.5) is 5.82 Å². The Kier molecular flexibility index (Phi) is 4.86. The van der Waals surface area contributed by atoms with Crippen molar-refractivity contribution in [3.8, 4) is 0 Å². The minimum absolute atomic E-state index is 0.254. The Morgan fingerprint density at radius 3 is 2.71 bits per heavy atom. The van der Waals surface area contributed by atoms with Gasteiger partial charge >= 0.3 is 0 Å². The molecule has 1 N–H and O–H groups in total. The van der Waals surface area contributed by atoms with Gasteiger partial charge in [0.05, 0.1) is 6.54 Å². The van der Waals surface area contributed by atoms with Crippen LogP contribution >= 0.6 is 15.9 Å². The van der Waals surface area contributed by atoms with Gasteiger partial charge in [-0.3, -0.25) is 0 Å². The van der Waals surface area contributed by atoms with Crippen molar-refractivity contribution >= 4 is 21.7 Å². The molecule has 0 aliphatic heterocycles. The quantitative estimate of drug-likeness (QED) is 0.649. The highest BCUT2D eigenvalue weighted by Crippen LogP contribution is 2.09. The number of aromatic nitrogens is 1. The fourth-order valence-electron chi connectivity index (χ4n) is 0.958. The van der Waals surface area contributed by atoms with Gasteiger partial charge in [0, 0.05) is 14.2 Å². The molecule has 0 amide bonds. The molecule has 4 nitrogen and oxygen atoms in total. The Morgan fingerprint density at radius 2 is 2.14 bits per heavy atom. The first-order valence-electron chi connectivity index (χ1n) is 4.18. The zero-order chi connectivity index (χ0) is 10.4. The van der Waals surface area contributed by atoms with E-state index in [0.717, 1.165) is 10.4 Å². The molecule has 0 aromatic carbocycles. The van der Waals surface area contributed by atoms with Gasteiger partial charge in [-0.1, -0.05) is 6.07 Å². The third-order valence-corrected chi connectivity index (χ3v) is 2.13. The zero-order valence-electron chi connectivity index (χ0n) is 8.16. The van der Waals surface area contributed by atoms with Crippen LogP contribution in [0.5, 0.6) is 0 Å². The van der Waals surface area contributed by atoms with Crippen molar-refractivity contribution in [3.63, 3.8) is 0 Å².